The van der Waals surface area contributed by atoms with Crippen LogP contribution in [0.15, 0.2) is 0 Å². The number of amides is 2. The second-order valence-electron chi connectivity index (χ2n) is 6.39. The summed E-state index contributed by atoms with van der Waals surface area (Å²) in [6.45, 7) is 10.5. The molecule has 0 aliphatic carbocycles. The van der Waals surface area contributed by atoms with Gasteiger partial charge in [-0.2, -0.15) is 0 Å². The molecule has 5 nitrogen and oxygen atoms in total. The van der Waals surface area contributed by atoms with Crippen LogP contribution in [0.4, 0.5) is 4.79 Å². The van der Waals surface area contributed by atoms with Crippen LogP contribution in [0.2, 0.25) is 0 Å². The van der Waals surface area contributed by atoms with Gasteiger partial charge < -0.3 is 15.3 Å². The monoisotopic (exact) mass is 258 g/mol. The molecular weight excluding hydrogens is 232 g/mol. The number of aliphatic carboxylic acids is 1. The molecule has 0 unspecified atom stereocenters. The van der Waals surface area contributed by atoms with Crippen LogP contribution in [0.3, 0.4) is 0 Å². The highest BCUT2D eigenvalue weighted by atomic mass is 16.4. The van der Waals surface area contributed by atoms with Crippen LogP contribution in [-0.2, 0) is 4.79 Å². The Hall–Kier alpha value is -1.26. The van der Waals surface area contributed by atoms with Crippen molar-refractivity contribution < 1.29 is 14.7 Å². The van der Waals surface area contributed by atoms with Gasteiger partial charge in [-0.3, -0.25) is 0 Å². The van der Waals surface area contributed by atoms with E-state index in [9.17, 15) is 9.59 Å². The van der Waals surface area contributed by atoms with E-state index in [1.165, 1.54) is 4.90 Å². The minimum absolute atomic E-state index is 0.0111. The molecular formula is C13H26N2O3. The summed E-state index contributed by atoms with van der Waals surface area (Å²) in [4.78, 5) is 24.4. The average Bonchev–Trinajstić information content (AvgIpc) is 2.12. The molecule has 0 fully saturated rings. The minimum Gasteiger partial charge on any atom is -0.480 e. The van der Waals surface area contributed by atoms with Crippen molar-refractivity contribution in [2.24, 2.45) is 11.3 Å². The van der Waals surface area contributed by atoms with Gasteiger partial charge in [-0.15, -0.1) is 0 Å². The number of carboxylic acid groups (broad SMARTS) is 1. The number of nitrogens with zero attached hydrogens (tertiary/aromatic N) is 1. The fourth-order valence-corrected chi connectivity index (χ4v) is 1.74. The van der Waals surface area contributed by atoms with Gasteiger partial charge in [0, 0.05) is 13.6 Å². The van der Waals surface area contributed by atoms with E-state index >= 15 is 0 Å². The number of carbonyl (C=O) groups excluding carboxylic acids is 1. The zero-order chi connectivity index (χ0) is 14.5. The highest BCUT2D eigenvalue weighted by molar-refractivity contribution is 5.82. The van der Waals surface area contributed by atoms with Crippen LogP contribution in [-0.4, -0.2) is 41.6 Å². The predicted octanol–water partition coefficient (Wildman–Crippen LogP) is 2.17. The number of hydrogen-bond acceptors (Lipinski definition) is 2. The quantitative estimate of drug-likeness (QED) is 0.794. The molecule has 18 heavy (non-hydrogen) atoms. The van der Waals surface area contributed by atoms with Crippen LogP contribution in [0.25, 0.3) is 0 Å². The first-order valence-electron chi connectivity index (χ1n) is 6.27. The van der Waals surface area contributed by atoms with Gasteiger partial charge in [0.15, 0.2) is 0 Å². The van der Waals surface area contributed by atoms with Crippen molar-refractivity contribution >= 4 is 12.0 Å². The third-order valence-corrected chi connectivity index (χ3v) is 2.36. The van der Waals surface area contributed by atoms with Gasteiger partial charge in [0.25, 0.3) is 0 Å². The molecule has 0 aliphatic rings. The number of rotatable bonds is 5. The first-order valence-corrected chi connectivity index (χ1v) is 6.27. The van der Waals surface area contributed by atoms with Gasteiger partial charge in [-0.25, -0.2) is 9.59 Å². The molecule has 106 valence electrons. The van der Waals surface area contributed by atoms with Crippen LogP contribution in [0, 0.1) is 11.3 Å². The molecule has 0 spiro atoms. The second kappa shape index (κ2) is 6.61. The first-order chi connectivity index (χ1) is 8.03. The Balaban J connectivity index is 4.46. The molecule has 1 atom stereocenters. The van der Waals surface area contributed by atoms with Crippen molar-refractivity contribution in [3.63, 3.8) is 0 Å². The van der Waals surface area contributed by atoms with Gasteiger partial charge in [0.2, 0.25) is 0 Å². The highest BCUT2D eigenvalue weighted by Crippen LogP contribution is 2.14. The molecule has 0 bridgehead atoms. The molecule has 0 heterocycles. The standard InChI is InChI=1S/C13H26N2O3/c1-9(2)7-10(11(16)17)14-12(18)15(6)8-13(3,4)5/h9-10H,7-8H2,1-6H3,(H,14,18)(H,16,17)/t10-/m1/s1. The summed E-state index contributed by atoms with van der Waals surface area (Å²) in [6.07, 6.45) is 0.435. The Morgan fingerprint density at radius 1 is 1.28 bits per heavy atom. The summed E-state index contributed by atoms with van der Waals surface area (Å²) >= 11 is 0. The summed E-state index contributed by atoms with van der Waals surface area (Å²) in [5.41, 5.74) is -0.0111. The van der Waals surface area contributed by atoms with Crippen LogP contribution >= 0.6 is 0 Å². The van der Waals surface area contributed by atoms with Gasteiger partial charge in [0.05, 0.1) is 0 Å². The third-order valence-electron chi connectivity index (χ3n) is 2.36. The summed E-state index contributed by atoms with van der Waals surface area (Å²) in [5, 5.41) is 11.6. The minimum atomic E-state index is -0.985. The lowest BCUT2D eigenvalue weighted by atomic mass is 9.96. The molecule has 0 aromatic rings. The first kappa shape index (κ1) is 16.7. The maximum absolute atomic E-state index is 11.9. The molecule has 0 aromatic carbocycles. The molecule has 2 N–H and O–H groups in total. The van der Waals surface area contributed by atoms with E-state index < -0.39 is 12.0 Å². The lowest BCUT2D eigenvalue weighted by molar-refractivity contribution is -0.139. The average molecular weight is 258 g/mol. The molecule has 2 amide bonds. The fourth-order valence-electron chi connectivity index (χ4n) is 1.74. The lowest BCUT2D eigenvalue weighted by Gasteiger charge is -2.28. The molecule has 0 radical (unpaired) electrons. The SMILES string of the molecule is CC(C)C[C@@H](NC(=O)N(C)CC(C)(C)C)C(=O)O. The van der Waals surface area contributed by atoms with Crippen molar-refractivity contribution in [1.29, 1.82) is 0 Å². The molecule has 0 aliphatic heterocycles. The second-order valence-corrected chi connectivity index (χ2v) is 6.39. The lowest BCUT2D eigenvalue weighted by Crippen LogP contribution is -2.48. The van der Waals surface area contributed by atoms with Crippen molar-refractivity contribution in [3.8, 4) is 0 Å². The van der Waals surface area contributed by atoms with E-state index in [0.29, 0.717) is 13.0 Å². The highest BCUT2D eigenvalue weighted by Gasteiger charge is 2.24. The normalized spacial score (nSPS) is 13.3. The molecule has 0 saturated carbocycles. The smallest absolute Gasteiger partial charge is 0.326 e. The number of carbonyl (C=O) groups is 2. The van der Waals surface area contributed by atoms with Crippen molar-refractivity contribution in [3.05, 3.63) is 0 Å². The van der Waals surface area contributed by atoms with Gasteiger partial charge >= 0.3 is 12.0 Å². The number of nitrogens with one attached hydrogen (secondary N) is 1. The molecule has 0 saturated heterocycles. The van der Waals surface area contributed by atoms with Crippen molar-refractivity contribution in [2.45, 2.75) is 47.1 Å². The van der Waals surface area contributed by atoms with Gasteiger partial charge in [0.1, 0.15) is 6.04 Å². The van der Waals surface area contributed by atoms with Crippen LogP contribution in [0.1, 0.15) is 41.0 Å². The maximum Gasteiger partial charge on any atom is 0.326 e. The van der Waals surface area contributed by atoms with E-state index in [1.807, 2.05) is 34.6 Å². The van der Waals surface area contributed by atoms with E-state index in [-0.39, 0.29) is 17.4 Å². The maximum atomic E-state index is 11.9. The molecule has 0 rings (SSSR count). The van der Waals surface area contributed by atoms with Crippen molar-refractivity contribution in [1.82, 2.24) is 10.2 Å². The number of urea groups is 1. The Labute approximate surface area is 110 Å². The largest absolute Gasteiger partial charge is 0.480 e. The molecule has 0 aromatic heterocycles. The Bertz CT molecular complexity index is 295. The summed E-state index contributed by atoms with van der Waals surface area (Å²) in [7, 11) is 1.68. The summed E-state index contributed by atoms with van der Waals surface area (Å²) < 4.78 is 0. The fraction of sp³-hybridized carbons (Fsp3) is 0.846. The Morgan fingerprint density at radius 2 is 1.78 bits per heavy atom. The number of hydrogen-bond donors (Lipinski definition) is 2. The summed E-state index contributed by atoms with van der Waals surface area (Å²) in [6, 6.07) is -1.15. The Kier molecular flexibility index (Phi) is 6.15. The van der Waals surface area contributed by atoms with Crippen LogP contribution < -0.4 is 5.32 Å². The molecule has 5 heteroatoms. The van der Waals surface area contributed by atoms with E-state index in [1.54, 1.807) is 7.05 Å². The summed E-state index contributed by atoms with van der Waals surface area (Å²) in [5.74, 6) is -0.763. The topological polar surface area (TPSA) is 69.6 Å². The van der Waals surface area contributed by atoms with E-state index in [2.05, 4.69) is 5.32 Å². The van der Waals surface area contributed by atoms with E-state index in [4.69, 9.17) is 5.11 Å². The van der Waals surface area contributed by atoms with E-state index in [0.717, 1.165) is 0 Å². The zero-order valence-electron chi connectivity index (χ0n) is 12.3. The zero-order valence-corrected chi connectivity index (χ0v) is 12.3. The number of carboxylic acids is 1. The van der Waals surface area contributed by atoms with Gasteiger partial charge in [-0.05, 0) is 17.8 Å². The van der Waals surface area contributed by atoms with Crippen molar-refractivity contribution in [2.75, 3.05) is 13.6 Å². The van der Waals surface area contributed by atoms with Crippen LogP contribution in [0.5, 0.6) is 0 Å². The third kappa shape index (κ3) is 7.14. The predicted molar refractivity (Wildman–Crippen MR) is 71.5 cm³/mol. The van der Waals surface area contributed by atoms with Gasteiger partial charge in [-0.1, -0.05) is 34.6 Å². The Morgan fingerprint density at radius 3 is 2.11 bits per heavy atom.